The molecule has 6 nitrogen and oxygen atoms in total. The van der Waals surface area contributed by atoms with E-state index in [9.17, 15) is 19.8 Å². The number of allylic oxidation sites excluding steroid dienone is 4. The van der Waals surface area contributed by atoms with Crippen LogP contribution in [0.3, 0.4) is 0 Å². The van der Waals surface area contributed by atoms with Gasteiger partial charge in [0.25, 0.3) is 0 Å². The Hall–Kier alpha value is -1.66. The quantitative estimate of drug-likeness (QED) is 0.0320. The van der Waals surface area contributed by atoms with Crippen molar-refractivity contribution >= 4 is 11.9 Å². The summed E-state index contributed by atoms with van der Waals surface area (Å²) in [5.74, 6) is -0.0165. The number of carbonyl (C=O) groups is 2. The zero-order chi connectivity index (χ0) is 57.8. The first kappa shape index (κ1) is 78.3. The van der Waals surface area contributed by atoms with Crippen LogP contribution in [0.5, 0.6) is 0 Å². The van der Waals surface area contributed by atoms with Gasteiger partial charge in [-0.25, -0.2) is 0 Å². The molecule has 0 aliphatic carbocycles. The van der Waals surface area contributed by atoms with Crippen LogP contribution in [0.2, 0.25) is 0 Å². The summed E-state index contributed by atoms with van der Waals surface area (Å²) in [5.41, 5.74) is 0. The van der Waals surface area contributed by atoms with Crippen LogP contribution in [0.25, 0.3) is 0 Å². The number of amides is 1. The predicted octanol–water partition coefficient (Wildman–Crippen LogP) is 23.7. The van der Waals surface area contributed by atoms with Crippen molar-refractivity contribution in [2.75, 3.05) is 13.2 Å². The number of esters is 1. The van der Waals surface area contributed by atoms with Crippen molar-refractivity contribution in [3.63, 3.8) is 0 Å². The smallest absolute Gasteiger partial charge is 0.305 e. The molecule has 0 aromatic carbocycles. The number of unbranched alkanes of at least 4 members (excludes halogenated alkanes) is 54. The third-order valence-electron chi connectivity index (χ3n) is 17.2. The normalized spacial score (nSPS) is 12.6. The van der Waals surface area contributed by atoms with Crippen molar-refractivity contribution in [3.05, 3.63) is 24.3 Å². The van der Waals surface area contributed by atoms with E-state index >= 15 is 0 Å². The first-order valence-electron chi connectivity index (χ1n) is 36.6. The summed E-state index contributed by atoms with van der Waals surface area (Å²) in [6.07, 6.45) is 88.0. The third-order valence-corrected chi connectivity index (χ3v) is 17.2. The minimum atomic E-state index is -0.665. The molecule has 1 amide bonds. The molecule has 474 valence electrons. The second-order valence-electron chi connectivity index (χ2n) is 25.3. The Labute approximate surface area is 501 Å². The Morgan fingerprint density at radius 1 is 0.338 bits per heavy atom. The van der Waals surface area contributed by atoms with E-state index in [0.29, 0.717) is 25.9 Å². The van der Waals surface area contributed by atoms with Gasteiger partial charge in [0.1, 0.15) is 0 Å². The van der Waals surface area contributed by atoms with Crippen LogP contribution < -0.4 is 5.32 Å². The van der Waals surface area contributed by atoms with Crippen LogP contribution in [-0.4, -0.2) is 47.4 Å². The number of ether oxygens (including phenoxy) is 1. The fourth-order valence-electron chi connectivity index (χ4n) is 11.6. The molecule has 0 aliphatic rings. The maximum atomic E-state index is 12.5. The van der Waals surface area contributed by atoms with Crippen molar-refractivity contribution in [2.24, 2.45) is 0 Å². The van der Waals surface area contributed by atoms with Crippen LogP contribution >= 0.6 is 0 Å². The summed E-state index contributed by atoms with van der Waals surface area (Å²) >= 11 is 0. The van der Waals surface area contributed by atoms with Crippen molar-refractivity contribution in [3.8, 4) is 0 Å². The van der Waals surface area contributed by atoms with Crippen molar-refractivity contribution in [1.29, 1.82) is 0 Å². The van der Waals surface area contributed by atoms with Crippen molar-refractivity contribution in [2.45, 2.75) is 424 Å². The molecule has 0 bridgehead atoms. The van der Waals surface area contributed by atoms with E-state index < -0.39 is 12.1 Å². The Bertz CT molecular complexity index is 1250. The topological polar surface area (TPSA) is 95.9 Å². The molecule has 3 N–H and O–H groups in total. The number of hydrogen-bond acceptors (Lipinski definition) is 5. The van der Waals surface area contributed by atoms with Gasteiger partial charge in [-0.1, -0.05) is 346 Å². The highest BCUT2D eigenvalue weighted by molar-refractivity contribution is 5.76. The number of aliphatic hydroxyl groups excluding tert-OH is 2. The van der Waals surface area contributed by atoms with E-state index in [0.717, 1.165) is 38.5 Å². The number of rotatable bonds is 69. The monoisotopic (exact) mass is 1130 g/mol. The van der Waals surface area contributed by atoms with E-state index in [-0.39, 0.29) is 18.5 Å². The van der Waals surface area contributed by atoms with E-state index in [1.165, 1.54) is 340 Å². The van der Waals surface area contributed by atoms with E-state index in [1.807, 2.05) is 0 Å². The lowest BCUT2D eigenvalue weighted by Crippen LogP contribution is -2.45. The molecule has 0 radical (unpaired) electrons. The summed E-state index contributed by atoms with van der Waals surface area (Å²) in [6.45, 7) is 4.99. The molecule has 2 atom stereocenters. The van der Waals surface area contributed by atoms with Gasteiger partial charge in [-0.05, 0) is 77.0 Å². The number of hydrogen-bond donors (Lipinski definition) is 3. The van der Waals surface area contributed by atoms with Crippen LogP contribution in [0, 0.1) is 0 Å². The molecule has 2 unspecified atom stereocenters. The zero-order valence-corrected chi connectivity index (χ0v) is 54.3. The Kier molecular flexibility index (Phi) is 68.4. The van der Waals surface area contributed by atoms with Gasteiger partial charge in [-0.3, -0.25) is 9.59 Å². The summed E-state index contributed by atoms with van der Waals surface area (Å²) in [6, 6.07) is -0.542. The number of nitrogens with one attached hydrogen (secondary N) is 1. The molecule has 0 rings (SSSR count). The molecule has 0 saturated carbocycles. The molecular formula is C74H143NO5. The first-order valence-corrected chi connectivity index (χ1v) is 36.6. The minimum absolute atomic E-state index is 0.0156. The molecule has 0 saturated heterocycles. The van der Waals surface area contributed by atoms with Crippen LogP contribution in [0.1, 0.15) is 412 Å². The summed E-state index contributed by atoms with van der Waals surface area (Å²) in [4.78, 5) is 24.6. The van der Waals surface area contributed by atoms with Gasteiger partial charge in [0.2, 0.25) is 5.91 Å². The fourth-order valence-corrected chi connectivity index (χ4v) is 11.6. The molecule has 0 spiro atoms. The third kappa shape index (κ3) is 65.5. The van der Waals surface area contributed by atoms with Gasteiger partial charge in [-0.15, -0.1) is 0 Å². The molecule has 0 aromatic heterocycles. The Morgan fingerprint density at radius 2 is 0.588 bits per heavy atom. The predicted molar refractivity (Wildman–Crippen MR) is 352 cm³/mol. The van der Waals surface area contributed by atoms with E-state index in [2.05, 4.69) is 43.5 Å². The molecule has 0 fully saturated rings. The average molecular weight is 1130 g/mol. The molecule has 80 heavy (non-hydrogen) atoms. The maximum Gasteiger partial charge on any atom is 0.305 e. The second kappa shape index (κ2) is 69.8. The lowest BCUT2D eigenvalue weighted by molar-refractivity contribution is -0.143. The highest BCUT2D eigenvalue weighted by atomic mass is 16.5. The van der Waals surface area contributed by atoms with Crippen LogP contribution in [0.15, 0.2) is 24.3 Å². The molecule has 0 aromatic rings. The average Bonchev–Trinajstić information content (AvgIpc) is 3.46. The summed E-state index contributed by atoms with van der Waals surface area (Å²) in [7, 11) is 0. The molecule has 6 heteroatoms. The number of carbonyl (C=O) groups excluding carboxylic acids is 2. The molecule has 0 heterocycles. The highest BCUT2D eigenvalue weighted by Crippen LogP contribution is 2.19. The maximum absolute atomic E-state index is 12.5. The number of aliphatic hydroxyl groups is 2. The van der Waals surface area contributed by atoms with Crippen molar-refractivity contribution in [1.82, 2.24) is 5.32 Å². The van der Waals surface area contributed by atoms with Crippen LogP contribution in [-0.2, 0) is 14.3 Å². The lowest BCUT2D eigenvalue weighted by atomic mass is 10.0. The van der Waals surface area contributed by atoms with Gasteiger partial charge in [-0.2, -0.15) is 0 Å². The van der Waals surface area contributed by atoms with Crippen LogP contribution in [0.4, 0.5) is 0 Å². The standard InChI is InChI=1S/C74H143NO5/c1-3-5-7-9-11-13-15-17-19-21-31-36-40-44-48-52-56-60-64-68-74(79)80-69-65-61-57-53-49-45-41-37-33-30-28-26-24-22-23-25-27-29-32-35-39-43-47-51-55-59-63-67-73(78)75-71(70-76)72(77)66-62-58-54-50-46-42-38-34-20-18-16-14-12-10-8-6-4-2/h17,19,22-23,71-72,76-77H,3-16,18,20-21,24-70H2,1-2H3,(H,75,78)/b19-17-,23-22-. The second-order valence-corrected chi connectivity index (χ2v) is 25.3. The molecule has 0 aliphatic heterocycles. The van der Waals surface area contributed by atoms with Gasteiger partial charge in [0, 0.05) is 12.8 Å². The SMILES string of the molecule is CCCCCCCC/C=C\CCCCCCCCCCCC(=O)OCCCCCCCCCCCCCC/C=C\CCCCCCCCCCCCCC(=O)NC(CO)C(O)CCCCCCCCCCCCCCCCCCC. The van der Waals surface area contributed by atoms with Gasteiger partial charge >= 0.3 is 5.97 Å². The lowest BCUT2D eigenvalue weighted by Gasteiger charge is -2.22. The van der Waals surface area contributed by atoms with Gasteiger partial charge in [0.15, 0.2) is 0 Å². The summed E-state index contributed by atoms with van der Waals surface area (Å²) in [5, 5.41) is 23.4. The fraction of sp³-hybridized carbons (Fsp3) is 0.919. The largest absolute Gasteiger partial charge is 0.466 e. The van der Waals surface area contributed by atoms with Crippen molar-refractivity contribution < 1.29 is 24.5 Å². The minimum Gasteiger partial charge on any atom is -0.466 e. The van der Waals surface area contributed by atoms with E-state index in [1.54, 1.807) is 0 Å². The van der Waals surface area contributed by atoms with Gasteiger partial charge < -0.3 is 20.3 Å². The zero-order valence-electron chi connectivity index (χ0n) is 54.3. The van der Waals surface area contributed by atoms with E-state index in [4.69, 9.17) is 4.74 Å². The summed E-state index contributed by atoms with van der Waals surface area (Å²) < 4.78 is 5.51. The highest BCUT2D eigenvalue weighted by Gasteiger charge is 2.20. The van der Waals surface area contributed by atoms with Gasteiger partial charge in [0.05, 0.1) is 25.4 Å². The Balaban J connectivity index is 3.36. The first-order chi connectivity index (χ1) is 39.5. The molecular weight excluding hydrogens is 983 g/mol. The Morgan fingerprint density at radius 3 is 0.887 bits per heavy atom.